The van der Waals surface area contributed by atoms with Crippen molar-refractivity contribution in [3.05, 3.63) is 71.3 Å². The van der Waals surface area contributed by atoms with E-state index in [1.807, 2.05) is 0 Å². The van der Waals surface area contributed by atoms with Crippen molar-refractivity contribution in [2.75, 3.05) is 11.9 Å². The summed E-state index contributed by atoms with van der Waals surface area (Å²) < 4.78 is 12.9. The Bertz CT molecular complexity index is 847. The van der Waals surface area contributed by atoms with E-state index in [1.54, 1.807) is 12.1 Å². The zero-order chi connectivity index (χ0) is 19.1. The van der Waals surface area contributed by atoms with Crippen LogP contribution in [0, 0.1) is 5.82 Å². The third kappa shape index (κ3) is 5.48. The van der Waals surface area contributed by atoms with Crippen LogP contribution in [-0.2, 0) is 0 Å². The van der Waals surface area contributed by atoms with Crippen molar-refractivity contribution in [2.24, 2.45) is 0 Å². The normalized spacial score (nSPS) is 13.6. The van der Waals surface area contributed by atoms with Gasteiger partial charge in [-0.25, -0.2) is 9.37 Å². The maximum absolute atomic E-state index is 12.9. The lowest BCUT2D eigenvalue weighted by Gasteiger charge is -2.13. The Morgan fingerprint density at radius 2 is 1.74 bits per heavy atom. The first-order valence-electron chi connectivity index (χ1n) is 9.12. The van der Waals surface area contributed by atoms with E-state index in [0.29, 0.717) is 12.2 Å². The van der Waals surface area contributed by atoms with Gasteiger partial charge in [-0.05, 0) is 68.5 Å². The van der Waals surface area contributed by atoms with Crippen LogP contribution in [0.2, 0.25) is 0 Å². The zero-order valence-corrected chi connectivity index (χ0v) is 15.0. The highest BCUT2D eigenvalue weighted by Crippen LogP contribution is 2.19. The summed E-state index contributed by atoms with van der Waals surface area (Å²) >= 11 is 0. The predicted molar refractivity (Wildman–Crippen MR) is 102 cm³/mol. The second-order valence-corrected chi connectivity index (χ2v) is 6.48. The quantitative estimate of drug-likeness (QED) is 0.756. The topological polar surface area (TPSA) is 71.1 Å². The van der Waals surface area contributed by atoms with Crippen LogP contribution in [0.4, 0.5) is 10.1 Å². The highest BCUT2D eigenvalue weighted by molar-refractivity contribution is 6.03. The molecule has 0 atom stereocenters. The van der Waals surface area contributed by atoms with Gasteiger partial charge in [0.2, 0.25) is 0 Å². The number of benzene rings is 1. The van der Waals surface area contributed by atoms with Crippen LogP contribution in [-0.4, -0.2) is 23.3 Å². The number of allylic oxidation sites excluding steroid dienone is 1. The number of amides is 2. The fourth-order valence-electron chi connectivity index (χ4n) is 2.97. The van der Waals surface area contributed by atoms with Crippen molar-refractivity contribution in [3.63, 3.8) is 0 Å². The number of carbonyl (C=O) groups excluding carboxylic acids is 2. The van der Waals surface area contributed by atoms with E-state index in [1.165, 1.54) is 48.7 Å². The molecule has 2 aromatic rings. The predicted octanol–water partition coefficient (Wildman–Crippen LogP) is 4.09. The third-order valence-corrected chi connectivity index (χ3v) is 4.43. The smallest absolute Gasteiger partial charge is 0.274 e. The molecule has 1 aromatic carbocycles. The summed E-state index contributed by atoms with van der Waals surface area (Å²) in [5, 5.41) is 5.48. The van der Waals surface area contributed by atoms with Crippen molar-refractivity contribution in [2.45, 2.75) is 32.1 Å². The van der Waals surface area contributed by atoms with E-state index < -0.39 is 5.91 Å². The molecule has 0 radical (unpaired) electrons. The molecular weight excluding hydrogens is 345 g/mol. The zero-order valence-electron chi connectivity index (χ0n) is 15.0. The molecule has 1 aliphatic rings. The highest BCUT2D eigenvalue weighted by Gasteiger charge is 2.13. The van der Waals surface area contributed by atoms with Crippen LogP contribution in [0.15, 0.2) is 54.1 Å². The SMILES string of the molecule is O=C(NCCC1=CCCCC1)c1cccc(C(=O)Nc2ccc(F)cc2)n1. The molecule has 140 valence electrons. The molecule has 2 N–H and O–H groups in total. The molecule has 0 aliphatic heterocycles. The second-order valence-electron chi connectivity index (χ2n) is 6.48. The molecule has 6 heteroatoms. The minimum absolute atomic E-state index is 0.127. The van der Waals surface area contributed by atoms with E-state index in [9.17, 15) is 14.0 Å². The molecule has 3 rings (SSSR count). The second kappa shape index (κ2) is 9.07. The van der Waals surface area contributed by atoms with Crippen molar-refractivity contribution < 1.29 is 14.0 Å². The van der Waals surface area contributed by atoms with E-state index in [-0.39, 0.29) is 23.1 Å². The number of halogens is 1. The molecule has 27 heavy (non-hydrogen) atoms. The van der Waals surface area contributed by atoms with Gasteiger partial charge in [0.05, 0.1) is 0 Å². The summed E-state index contributed by atoms with van der Waals surface area (Å²) in [6.07, 6.45) is 7.78. The molecule has 1 heterocycles. The monoisotopic (exact) mass is 367 g/mol. The fraction of sp³-hybridized carbons (Fsp3) is 0.286. The summed E-state index contributed by atoms with van der Waals surface area (Å²) in [6, 6.07) is 10.2. The van der Waals surface area contributed by atoms with Crippen LogP contribution in [0.1, 0.15) is 53.1 Å². The van der Waals surface area contributed by atoms with Gasteiger partial charge >= 0.3 is 0 Å². The minimum Gasteiger partial charge on any atom is -0.350 e. The summed E-state index contributed by atoms with van der Waals surface area (Å²) in [5.74, 6) is -1.14. The Hall–Kier alpha value is -3.02. The molecule has 0 bridgehead atoms. The number of rotatable bonds is 6. The number of aromatic nitrogens is 1. The number of hydrogen-bond acceptors (Lipinski definition) is 3. The van der Waals surface area contributed by atoms with E-state index >= 15 is 0 Å². The standard InChI is InChI=1S/C21H22FN3O2/c22-16-9-11-17(12-10-16)24-21(27)19-8-4-7-18(25-19)20(26)23-14-13-15-5-2-1-3-6-15/h4-5,7-12H,1-3,6,13-14H2,(H,23,26)(H,24,27). The Labute approximate surface area is 157 Å². The van der Waals surface area contributed by atoms with Gasteiger partial charge in [0.25, 0.3) is 11.8 Å². The lowest BCUT2D eigenvalue weighted by molar-refractivity contribution is 0.0949. The van der Waals surface area contributed by atoms with Gasteiger partial charge < -0.3 is 10.6 Å². The Kier molecular flexibility index (Phi) is 6.30. The van der Waals surface area contributed by atoms with Crippen molar-refractivity contribution >= 4 is 17.5 Å². The number of anilines is 1. The molecule has 1 aromatic heterocycles. The molecule has 1 aliphatic carbocycles. The Balaban J connectivity index is 1.57. The van der Waals surface area contributed by atoms with E-state index in [2.05, 4.69) is 21.7 Å². The largest absolute Gasteiger partial charge is 0.350 e. The Morgan fingerprint density at radius 1 is 1.00 bits per heavy atom. The van der Waals surface area contributed by atoms with Crippen molar-refractivity contribution in [3.8, 4) is 0 Å². The van der Waals surface area contributed by atoms with Crippen LogP contribution in [0.5, 0.6) is 0 Å². The molecule has 0 saturated heterocycles. The first-order valence-corrected chi connectivity index (χ1v) is 9.12. The number of nitrogens with zero attached hydrogens (tertiary/aromatic N) is 1. The third-order valence-electron chi connectivity index (χ3n) is 4.43. The lowest BCUT2D eigenvalue weighted by atomic mass is 9.97. The summed E-state index contributed by atoms with van der Waals surface area (Å²) in [4.78, 5) is 28.7. The minimum atomic E-state index is -0.455. The van der Waals surface area contributed by atoms with Crippen molar-refractivity contribution in [1.29, 1.82) is 0 Å². The number of carbonyl (C=O) groups is 2. The average molecular weight is 367 g/mol. The number of hydrogen-bond donors (Lipinski definition) is 2. The van der Waals surface area contributed by atoms with Gasteiger partial charge in [-0.15, -0.1) is 0 Å². The molecule has 0 saturated carbocycles. The van der Waals surface area contributed by atoms with Crippen molar-refractivity contribution in [1.82, 2.24) is 10.3 Å². The summed E-state index contributed by atoms with van der Waals surface area (Å²) in [7, 11) is 0. The van der Waals surface area contributed by atoms with Crippen LogP contribution in [0.25, 0.3) is 0 Å². The lowest BCUT2D eigenvalue weighted by Crippen LogP contribution is -2.26. The Morgan fingerprint density at radius 3 is 2.44 bits per heavy atom. The summed E-state index contributed by atoms with van der Waals surface area (Å²) in [5.41, 5.74) is 2.17. The van der Waals surface area contributed by atoms with Gasteiger partial charge in [-0.2, -0.15) is 0 Å². The van der Waals surface area contributed by atoms with E-state index in [4.69, 9.17) is 0 Å². The average Bonchev–Trinajstić information content (AvgIpc) is 2.70. The van der Waals surface area contributed by atoms with Gasteiger partial charge in [0.15, 0.2) is 0 Å². The van der Waals surface area contributed by atoms with Crippen LogP contribution in [0.3, 0.4) is 0 Å². The first-order chi connectivity index (χ1) is 13.1. The molecule has 0 fully saturated rings. The molecule has 0 spiro atoms. The van der Waals surface area contributed by atoms with Gasteiger partial charge in [-0.1, -0.05) is 17.7 Å². The van der Waals surface area contributed by atoms with Gasteiger partial charge in [0.1, 0.15) is 17.2 Å². The molecule has 2 amide bonds. The highest BCUT2D eigenvalue weighted by atomic mass is 19.1. The maximum Gasteiger partial charge on any atom is 0.274 e. The first kappa shape index (κ1) is 18.8. The fourth-order valence-corrected chi connectivity index (χ4v) is 2.97. The van der Waals surface area contributed by atoms with Crippen LogP contribution >= 0.6 is 0 Å². The number of nitrogens with one attached hydrogen (secondary N) is 2. The molecular formula is C21H22FN3O2. The molecule has 5 nitrogen and oxygen atoms in total. The van der Waals surface area contributed by atoms with Gasteiger partial charge in [-0.3, -0.25) is 9.59 Å². The number of pyridine rings is 1. The maximum atomic E-state index is 12.9. The summed E-state index contributed by atoms with van der Waals surface area (Å²) in [6.45, 7) is 0.554. The van der Waals surface area contributed by atoms with Crippen LogP contribution < -0.4 is 10.6 Å². The van der Waals surface area contributed by atoms with E-state index in [0.717, 1.165) is 19.3 Å². The molecule has 0 unspecified atom stereocenters. The van der Waals surface area contributed by atoms with Gasteiger partial charge in [0, 0.05) is 12.2 Å².